The second-order valence-electron chi connectivity index (χ2n) is 8.94. The maximum absolute atomic E-state index is 13.6. The van der Waals surface area contributed by atoms with Gasteiger partial charge in [0.25, 0.3) is 5.91 Å². The number of rotatable bonds is 9. The minimum atomic E-state index is -3.85. The van der Waals surface area contributed by atoms with Crippen LogP contribution in [-0.2, 0) is 37.4 Å². The molecular weight excluding hydrogens is 504 g/mol. The molecule has 1 amide bonds. The lowest BCUT2D eigenvalue weighted by Gasteiger charge is -2.21. The van der Waals surface area contributed by atoms with Crippen molar-refractivity contribution >= 4 is 28.0 Å². The Labute approximate surface area is 222 Å². The van der Waals surface area contributed by atoms with Gasteiger partial charge < -0.3 is 14.1 Å². The number of allylic oxidation sites excluding steroid dienone is 1. The zero-order valence-corrected chi connectivity index (χ0v) is 22.6. The van der Waals surface area contributed by atoms with Crippen molar-refractivity contribution < 1.29 is 27.2 Å². The number of likely N-dealkylation sites (N-methyl/N-ethyl adjacent to an activating group) is 1. The average molecular weight is 535 g/mol. The number of methoxy groups -OCH3 is 1. The Kier molecular flexibility index (Phi) is 7.99. The highest BCUT2D eigenvalue weighted by Crippen LogP contribution is 2.32. The molecule has 1 aliphatic rings. The van der Waals surface area contributed by atoms with E-state index in [1.165, 1.54) is 22.4 Å². The van der Waals surface area contributed by atoms with E-state index in [1.54, 1.807) is 43.3 Å². The Morgan fingerprint density at radius 3 is 2.32 bits per heavy atom. The van der Waals surface area contributed by atoms with Gasteiger partial charge in [-0.3, -0.25) is 4.79 Å². The molecule has 2 aromatic carbocycles. The van der Waals surface area contributed by atoms with Gasteiger partial charge in [-0.05, 0) is 56.7 Å². The summed E-state index contributed by atoms with van der Waals surface area (Å²) in [6.07, 6.45) is 1.49. The molecule has 3 aromatic rings. The topological polar surface area (TPSA) is 97.1 Å². The lowest BCUT2D eigenvalue weighted by atomic mass is 10.1. The van der Waals surface area contributed by atoms with Crippen molar-refractivity contribution in [3.63, 3.8) is 0 Å². The molecule has 2 heterocycles. The fourth-order valence-electron chi connectivity index (χ4n) is 4.35. The van der Waals surface area contributed by atoms with E-state index in [0.717, 1.165) is 11.1 Å². The van der Waals surface area contributed by atoms with Gasteiger partial charge in [-0.15, -0.1) is 0 Å². The molecule has 1 aromatic heterocycles. The van der Waals surface area contributed by atoms with Crippen LogP contribution in [0.2, 0.25) is 0 Å². The maximum Gasteiger partial charge on any atom is 0.340 e. The van der Waals surface area contributed by atoms with Crippen LogP contribution in [0.15, 0.2) is 92.9 Å². The molecule has 0 radical (unpaired) electrons. The molecule has 0 spiro atoms. The summed E-state index contributed by atoms with van der Waals surface area (Å²) in [6.45, 7) is 5.93. The summed E-state index contributed by atoms with van der Waals surface area (Å²) in [6, 6.07) is 19.3. The minimum Gasteiger partial charge on any atom is -0.465 e. The molecule has 1 aliphatic heterocycles. The first-order valence-corrected chi connectivity index (χ1v) is 13.6. The normalized spacial score (nSPS) is 15.1. The van der Waals surface area contributed by atoms with Crippen molar-refractivity contribution in [3.05, 3.63) is 106 Å². The van der Waals surface area contributed by atoms with Gasteiger partial charge in [0.15, 0.2) is 0 Å². The molecule has 38 heavy (non-hydrogen) atoms. The predicted octanol–water partition coefficient (Wildman–Crippen LogP) is 4.67. The zero-order valence-electron chi connectivity index (χ0n) is 21.8. The fourth-order valence-corrected chi connectivity index (χ4v) is 5.75. The van der Waals surface area contributed by atoms with E-state index in [1.807, 2.05) is 44.2 Å². The Morgan fingerprint density at radius 2 is 1.68 bits per heavy atom. The first-order valence-electron chi connectivity index (χ1n) is 12.2. The van der Waals surface area contributed by atoms with Crippen molar-refractivity contribution in [1.29, 1.82) is 0 Å². The summed E-state index contributed by atoms with van der Waals surface area (Å²) in [5.41, 5.74) is 2.66. The number of esters is 1. The summed E-state index contributed by atoms with van der Waals surface area (Å²) in [7, 11) is -2.58. The number of hydrogen-bond donors (Lipinski definition) is 0. The Bertz CT molecular complexity index is 1500. The molecule has 198 valence electrons. The van der Waals surface area contributed by atoms with Gasteiger partial charge in [-0.2, -0.15) is 4.31 Å². The monoisotopic (exact) mass is 534 g/mol. The van der Waals surface area contributed by atoms with E-state index in [-0.39, 0.29) is 35.0 Å². The molecular formula is C29H30N2O6S. The zero-order chi connectivity index (χ0) is 27.4. The average Bonchev–Trinajstić information content (AvgIpc) is 3.45. The molecule has 0 aliphatic carbocycles. The Balaban J connectivity index is 1.67. The number of benzene rings is 2. The van der Waals surface area contributed by atoms with Gasteiger partial charge in [0.1, 0.15) is 11.5 Å². The van der Waals surface area contributed by atoms with Crippen molar-refractivity contribution in [2.45, 2.75) is 38.8 Å². The smallest absolute Gasteiger partial charge is 0.340 e. The van der Waals surface area contributed by atoms with Gasteiger partial charge in [-0.1, -0.05) is 48.0 Å². The first kappa shape index (κ1) is 27.1. The van der Waals surface area contributed by atoms with E-state index in [9.17, 15) is 18.0 Å². The molecule has 0 N–H and O–H groups in total. The number of carbonyl (C=O) groups excluding carboxylic acids is 2. The van der Waals surface area contributed by atoms with Crippen LogP contribution >= 0.6 is 0 Å². The van der Waals surface area contributed by atoms with E-state index in [0.29, 0.717) is 23.8 Å². The number of aryl methyl sites for hydroxylation is 1. The standard InChI is InChI=1S/C29H30N2O6S/c1-5-31-21(3)27(29(33)36-4)26(28(31)32)17-23-13-14-24(37-23)19-30(18-22-9-7-6-8-10-22)38(34,35)25-15-11-20(2)12-16-25/h6-17H,5,18-19H2,1-4H3/b26-17+. The number of sulfonamides is 1. The van der Waals surface area contributed by atoms with Crippen LogP contribution in [0, 0.1) is 6.92 Å². The molecule has 0 saturated carbocycles. The van der Waals surface area contributed by atoms with Crippen LogP contribution in [0.25, 0.3) is 6.08 Å². The molecule has 0 atom stereocenters. The summed E-state index contributed by atoms with van der Waals surface area (Å²) in [5, 5.41) is 0. The van der Waals surface area contributed by atoms with Crippen LogP contribution in [0.3, 0.4) is 0 Å². The van der Waals surface area contributed by atoms with Crippen LogP contribution in [0.4, 0.5) is 0 Å². The van der Waals surface area contributed by atoms with Crippen LogP contribution in [0.5, 0.6) is 0 Å². The van der Waals surface area contributed by atoms with E-state index >= 15 is 0 Å². The van der Waals surface area contributed by atoms with E-state index in [2.05, 4.69) is 0 Å². The highest BCUT2D eigenvalue weighted by atomic mass is 32.2. The number of nitrogens with zero attached hydrogens (tertiary/aromatic N) is 2. The molecule has 0 bridgehead atoms. The molecule has 0 fully saturated rings. The van der Waals surface area contributed by atoms with E-state index in [4.69, 9.17) is 9.15 Å². The molecule has 4 rings (SSSR count). The largest absolute Gasteiger partial charge is 0.465 e. The highest BCUT2D eigenvalue weighted by molar-refractivity contribution is 7.89. The number of hydrogen-bond acceptors (Lipinski definition) is 6. The molecule has 9 heteroatoms. The predicted molar refractivity (Wildman–Crippen MR) is 143 cm³/mol. The summed E-state index contributed by atoms with van der Waals surface area (Å²) in [5.74, 6) is -0.219. The number of furan rings is 1. The Hall–Kier alpha value is -3.95. The highest BCUT2D eigenvalue weighted by Gasteiger charge is 2.36. The SMILES string of the molecule is CCN1C(=O)/C(=C/c2ccc(CN(Cc3ccccc3)S(=O)(=O)c3ccc(C)cc3)o2)C(C(=O)OC)=C1C. The number of amides is 1. The van der Waals surface area contributed by atoms with Crippen molar-refractivity contribution in [1.82, 2.24) is 9.21 Å². The summed E-state index contributed by atoms with van der Waals surface area (Å²) < 4.78 is 39.4. The Morgan fingerprint density at radius 1 is 1.00 bits per heavy atom. The molecule has 0 unspecified atom stereocenters. The molecule has 8 nitrogen and oxygen atoms in total. The number of carbonyl (C=O) groups is 2. The van der Waals surface area contributed by atoms with Gasteiger partial charge in [0.2, 0.25) is 10.0 Å². The summed E-state index contributed by atoms with van der Waals surface area (Å²) in [4.78, 5) is 27.1. The van der Waals surface area contributed by atoms with Crippen LogP contribution < -0.4 is 0 Å². The van der Waals surface area contributed by atoms with Crippen molar-refractivity contribution in [3.8, 4) is 0 Å². The minimum absolute atomic E-state index is 0.0258. The van der Waals surface area contributed by atoms with Gasteiger partial charge in [-0.25, -0.2) is 13.2 Å². The van der Waals surface area contributed by atoms with Crippen LogP contribution in [-0.4, -0.2) is 43.2 Å². The van der Waals surface area contributed by atoms with Gasteiger partial charge >= 0.3 is 5.97 Å². The third kappa shape index (κ3) is 5.49. The third-order valence-corrected chi connectivity index (χ3v) is 8.18. The van der Waals surface area contributed by atoms with Crippen LogP contribution in [0.1, 0.15) is 36.5 Å². The summed E-state index contributed by atoms with van der Waals surface area (Å²) >= 11 is 0. The first-order chi connectivity index (χ1) is 18.1. The lowest BCUT2D eigenvalue weighted by Crippen LogP contribution is -2.30. The number of ether oxygens (including phenoxy) is 1. The fraction of sp³-hybridized carbons (Fsp3) is 0.241. The second kappa shape index (κ2) is 11.2. The molecule has 0 saturated heterocycles. The van der Waals surface area contributed by atoms with E-state index < -0.39 is 16.0 Å². The van der Waals surface area contributed by atoms with Gasteiger partial charge in [0, 0.05) is 18.8 Å². The second-order valence-corrected chi connectivity index (χ2v) is 10.9. The third-order valence-electron chi connectivity index (χ3n) is 6.38. The maximum atomic E-state index is 13.6. The van der Waals surface area contributed by atoms with Crippen molar-refractivity contribution in [2.75, 3.05) is 13.7 Å². The lowest BCUT2D eigenvalue weighted by molar-refractivity contribution is -0.136. The van der Waals surface area contributed by atoms with Crippen molar-refractivity contribution in [2.24, 2.45) is 0 Å². The quantitative estimate of drug-likeness (QED) is 0.292. The van der Waals surface area contributed by atoms with Gasteiger partial charge in [0.05, 0.1) is 29.7 Å².